The van der Waals surface area contributed by atoms with Crippen LogP contribution in [0.3, 0.4) is 0 Å². The van der Waals surface area contributed by atoms with Crippen molar-refractivity contribution in [1.29, 1.82) is 0 Å². The summed E-state index contributed by atoms with van der Waals surface area (Å²) < 4.78 is 5.59. The minimum Gasteiger partial charge on any atom is -0.493 e. The molecule has 4 rings (SSSR count). The van der Waals surface area contributed by atoms with Crippen molar-refractivity contribution in [2.45, 2.75) is 25.8 Å². The van der Waals surface area contributed by atoms with Gasteiger partial charge in [-0.05, 0) is 36.6 Å². The highest BCUT2D eigenvalue weighted by Crippen LogP contribution is 2.28. The molecule has 3 N–H and O–H groups in total. The Bertz CT molecular complexity index is 723. The van der Waals surface area contributed by atoms with Gasteiger partial charge in [-0.1, -0.05) is 0 Å². The molecule has 114 valence electrons. The molecule has 6 nitrogen and oxygen atoms in total. The third-order valence-corrected chi connectivity index (χ3v) is 4.19. The Balaban J connectivity index is 1.56. The molecule has 2 aliphatic rings. The van der Waals surface area contributed by atoms with Gasteiger partial charge >= 0.3 is 0 Å². The number of benzene rings is 1. The van der Waals surface area contributed by atoms with Gasteiger partial charge in [0.25, 0.3) is 5.91 Å². The Labute approximate surface area is 128 Å². The second-order valence-electron chi connectivity index (χ2n) is 5.68. The smallest absolute Gasteiger partial charge is 0.276 e. The normalized spacial score (nSPS) is 16.4. The number of rotatable bonds is 2. The van der Waals surface area contributed by atoms with Gasteiger partial charge in [0.15, 0.2) is 5.69 Å². The average Bonchev–Trinajstić information content (AvgIpc) is 2.99. The SMILES string of the molecule is O=C(Nc1ccc2c(c1)CCCO2)c1n[nH]c2c1CNCC2. The summed E-state index contributed by atoms with van der Waals surface area (Å²) in [6, 6.07) is 5.79. The van der Waals surface area contributed by atoms with E-state index in [2.05, 4.69) is 20.8 Å². The second kappa shape index (κ2) is 5.46. The molecule has 0 unspecified atom stereocenters. The predicted octanol–water partition coefficient (Wildman–Crippen LogP) is 1.63. The number of hydrogen-bond donors (Lipinski definition) is 3. The van der Waals surface area contributed by atoms with Crippen LogP contribution >= 0.6 is 0 Å². The maximum absolute atomic E-state index is 12.5. The van der Waals surface area contributed by atoms with Gasteiger partial charge in [-0.2, -0.15) is 5.10 Å². The Morgan fingerprint density at radius 2 is 2.27 bits per heavy atom. The van der Waals surface area contributed by atoms with Crippen LogP contribution < -0.4 is 15.4 Å². The number of fused-ring (bicyclic) bond motifs is 2. The first-order chi connectivity index (χ1) is 10.8. The second-order valence-corrected chi connectivity index (χ2v) is 5.68. The lowest BCUT2D eigenvalue weighted by Crippen LogP contribution is -2.25. The van der Waals surface area contributed by atoms with Gasteiger partial charge in [0.2, 0.25) is 0 Å². The number of aryl methyl sites for hydroxylation is 1. The van der Waals surface area contributed by atoms with E-state index < -0.39 is 0 Å². The zero-order valence-corrected chi connectivity index (χ0v) is 12.2. The first-order valence-corrected chi connectivity index (χ1v) is 7.65. The lowest BCUT2D eigenvalue weighted by Gasteiger charge is -2.18. The van der Waals surface area contributed by atoms with Crippen LogP contribution in [0.1, 0.15) is 33.7 Å². The monoisotopic (exact) mass is 298 g/mol. The molecule has 0 radical (unpaired) electrons. The fourth-order valence-corrected chi connectivity index (χ4v) is 3.04. The van der Waals surface area contributed by atoms with Gasteiger partial charge in [0.05, 0.1) is 6.61 Å². The molecule has 0 atom stereocenters. The van der Waals surface area contributed by atoms with Gasteiger partial charge in [-0.25, -0.2) is 0 Å². The number of aromatic nitrogens is 2. The van der Waals surface area contributed by atoms with Gasteiger partial charge in [-0.15, -0.1) is 0 Å². The number of H-pyrrole nitrogens is 1. The summed E-state index contributed by atoms with van der Waals surface area (Å²) in [5, 5.41) is 13.4. The van der Waals surface area contributed by atoms with Crippen molar-refractivity contribution in [2.24, 2.45) is 0 Å². The van der Waals surface area contributed by atoms with Crippen molar-refractivity contribution in [3.63, 3.8) is 0 Å². The van der Waals surface area contributed by atoms with Crippen molar-refractivity contribution in [3.8, 4) is 5.75 Å². The quantitative estimate of drug-likeness (QED) is 0.787. The Morgan fingerprint density at radius 3 is 3.23 bits per heavy atom. The molecule has 0 aliphatic carbocycles. The first-order valence-electron chi connectivity index (χ1n) is 7.65. The highest BCUT2D eigenvalue weighted by atomic mass is 16.5. The largest absolute Gasteiger partial charge is 0.493 e. The maximum Gasteiger partial charge on any atom is 0.276 e. The number of hydrogen-bond acceptors (Lipinski definition) is 4. The zero-order valence-electron chi connectivity index (χ0n) is 12.2. The topological polar surface area (TPSA) is 79.0 Å². The average molecular weight is 298 g/mol. The van der Waals surface area contributed by atoms with E-state index in [1.165, 1.54) is 0 Å². The number of anilines is 1. The molecular formula is C16H18N4O2. The number of nitrogens with zero attached hydrogens (tertiary/aromatic N) is 1. The minimum atomic E-state index is -0.169. The predicted molar refractivity (Wildman–Crippen MR) is 82.2 cm³/mol. The van der Waals surface area contributed by atoms with Crippen LogP contribution in [0.5, 0.6) is 5.75 Å². The fourth-order valence-electron chi connectivity index (χ4n) is 3.04. The third kappa shape index (κ3) is 2.35. The number of nitrogens with one attached hydrogen (secondary N) is 3. The summed E-state index contributed by atoms with van der Waals surface area (Å²) >= 11 is 0. The highest BCUT2D eigenvalue weighted by Gasteiger charge is 2.22. The Morgan fingerprint density at radius 1 is 1.32 bits per heavy atom. The molecule has 6 heteroatoms. The van der Waals surface area contributed by atoms with Crippen LogP contribution in [0, 0.1) is 0 Å². The number of carbonyl (C=O) groups excluding carboxylic acids is 1. The fraction of sp³-hybridized carbons (Fsp3) is 0.375. The van der Waals surface area contributed by atoms with Crippen LogP contribution in [-0.4, -0.2) is 29.3 Å². The molecule has 0 saturated carbocycles. The number of carbonyl (C=O) groups is 1. The van der Waals surface area contributed by atoms with E-state index in [4.69, 9.17) is 4.74 Å². The van der Waals surface area contributed by atoms with E-state index in [1.807, 2.05) is 18.2 Å². The highest BCUT2D eigenvalue weighted by molar-refractivity contribution is 6.04. The van der Waals surface area contributed by atoms with Crippen molar-refractivity contribution < 1.29 is 9.53 Å². The number of amides is 1. The van der Waals surface area contributed by atoms with E-state index in [0.29, 0.717) is 12.2 Å². The lowest BCUT2D eigenvalue weighted by molar-refractivity contribution is 0.102. The van der Waals surface area contributed by atoms with Crippen LogP contribution in [0.2, 0.25) is 0 Å². The molecule has 3 heterocycles. The van der Waals surface area contributed by atoms with Crippen LogP contribution in [0.25, 0.3) is 0 Å². The van der Waals surface area contributed by atoms with Crippen LogP contribution in [-0.2, 0) is 19.4 Å². The Kier molecular flexibility index (Phi) is 3.31. The van der Waals surface area contributed by atoms with Gasteiger partial charge in [0, 0.05) is 36.5 Å². The molecule has 0 bridgehead atoms. The van der Waals surface area contributed by atoms with E-state index in [9.17, 15) is 4.79 Å². The Hall–Kier alpha value is -2.34. The first kappa shape index (κ1) is 13.3. The molecule has 2 aromatic rings. The molecule has 0 saturated heterocycles. The van der Waals surface area contributed by atoms with Crippen LogP contribution in [0.4, 0.5) is 5.69 Å². The van der Waals surface area contributed by atoms with Crippen molar-refractivity contribution in [1.82, 2.24) is 15.5 Å². The van der Waals surface area contributed by atoms with Gasteiger partial charge in [0.1, 0.15) is 5.75 Å². The molecule has 2 aliphatic heterocycles. The molecular weight excluding hydrogens is 280 g/mol. The van der Waals surface area contributed by atoms with Gasteiger partial charge < -0.3 is 15.4 Å². The summed E-state index contributed by atoms with van der Waals surface area (Å²) in [7, 11) is 0. The zero-order chi connectivity index (χ0) is 14.9. The third-order valence-electron chi connectivity index (χ3n) is 4.19. The van der Waals surface area contributed by atoms with E-state index >= 15 is 0 Å². The summed E-state index contributed by atoms with van der Waals surface area (Å²) in [5.41, 5.74) is 4.45. The molecule has 1 amide bonds. The lowest BCUT2D eigenvalue weighted by atomic mass is 10.1. The van der Waals surface area contributed by atoms with E-state index in [1.54, 1.807) is 0 Å². The molecule has 0 spiro atoms. The van der Waals surface area contributed by atoms with Crippen LogP contribution in [0.15, 0.2) is 18.2 Å². The molecule has 1 aromatic heterocycles. The minimum absolute atomic E-state index is 0.169. The summed E-state index contributed by atoms with van der Waals surface area (Å²) in [5.74, 6) is 0.753. The number of ether oxygens (including phenoxy) is 1. The number of aromatic amines is 1. The summed E-state index contributed by atoms with van der Waals surface area (Å²) in [6.45, 7) is 2.37. The van der Waals surface area contributed by atoms with Crippen molar-refractivity contribution in [2.75, 3.05) is 18.5 Å². The molecule has 1 aromatic carbocycles. The summed E-state index contributed by atoms with van der Waals surface area (Å²) in [6.07, 6.45) is 2.88. The van der Waals surface area contributed by atoms with Crippen molar-refractivity contribution in [3.05, 3.63) is 40.7 Å². The maximum atomic E-state index is 12.5. The van der Waals surface area contributed by atoms with E-state index in [-0.39, 0.29) is 5.91 Å². The standard InChI is InChI=1S/C16H18N4O2/c21-16(15-12-9-17-6-5-13(12)19-20-15)18-11-3-4-14-10(8-11)2-1-7-22-14/h3-4,8,17H,1-2,5-7,9H2,(H,18,21)(H,19,20). The molecule has 22 heavy (non-hydrogen) atoms. The van der Waals surface area contributed by atoms with Crippen molar-refractivity contribution >= 4 is 11.6 Å². The van der Waals surface area contributed by atoms with E-state index in [0.717, 1.165) is 60.7 Å². The van der Waals surface area contributed by atoms with Gasteiger partial charge in [-0.3, -0.25) is 9.89 Å². The summed E-state index contributed by atoms with van der Waals surface area (Å²) in [4.78, 5) is 12.5. The molecule has 0 fully saturated rings.